The average molecular weight is 638 g/mol. The number of likely N-dealkylation sites (tertiary alicyclic amines) is 1. The molecule has 0 bridgehead atoms. The number of hydrogen-bond acceptors (Lipinski definition) is 8. The highest BCUT2D eigenvalue weighted by molar-refractivity contribution is 6.04. The Kier molecular flexibility index (Phi) is 7.25. The fourth-order valence-electron chi connectivity index (χ4n) is 7.86. The van der Waals surface area contributed by atoms with Gasteiger partial charge in [-0.25, -0.2) is 4.39 Å². The molecule has 0 radical (unpaired) electrons. The molecular weight excluding hydrogens is 595 g/mol. The number of hydrogen-bond donors (Lipinski definition) is 0. The van der Waals surface area contributed by atoms with Gasteiger partial charge in [0.2, 0.25) is 5.91 Å². The smallest absolute Gasteiger partial charge is 0.319 e. The molecule has 3 aliphatic heterocycles. The van der Waals surface area contributed by atoms with Crippen LogP contribution in [0.15, 0.2) is 49.2 Å². The first-order chi connectivity index (χ1) is 24.0. The molecule has 4 aromatic rings. The number of terminal acetylenes is 1. The van der Waals surface area contributed by atoms with Crippen LogP contribution in [0.4, 0.5) is 10.2 Å². The largest absolute Gasteiger partial charge is 0.492 e. The van der Waals surface area contributed by atoms with E-state index in [2.05, 4.69) is 17.4 Å². The van der Waals surface area contributed by atoms with Crippen molar-refractivity contribution in [2.45, 2.75) is 50.1 Å². The molecular formula is C37H39FN6O3. The highest BCUT2D eigenvalue weighted by Crippen LogP contribution is 2.42. The van der Waals surface area contributed by atoms with Crippen molar-refractivity contribution in [3.63, 3.8) is 0 Å². The minimum Gasteiger partial charge on any atom is -0.492 e. The van der Waals surface area contributed by atoms with E-state index in [1.54, 1.807) is 35.4 Å². The van der Waals surface area contributed by atoms with Crippen molar-refractivity contribution in [2.24, 2.45) is 0 Å². The second kappa shape index (κ2) is 12.5. The van der Waals surface area contributed by atoms with Crippen LogP contribution in [0.3, 0.4) is 0 Å². The van der Waals surface area contributed by atoms with Gasteiger partial charge >= 0.3 is 6.01 Å². The van der Waals surface area contributed by atoms with E-state index in [-0.39, 0.29) is 46.0 Å². The third kappa shape index (κ3) is 5.32. The second-order valence-electron chi connectivity index (χ2n) is 12.7. The number of nitrogens with zero attached hydrogens (tertiary/aromatic N) is 6. The van der Waals surface area contributed by atoms with Gasteiger partial charge in [-0.2, -0.15) is 9.97 Å². The van der Waals surface area contributed by atoms with Crippen LogP contribution in [-0.2, 0) is 4.79 Å². The number of halogens is 1. The minimum atomic E-state index is -2.89. The number of anilines is 1. The van der Waals surface area contributed by atoms with Gasteiger partial charge in [0.1, 0.15) is 29.5 Å². The van der Waals surface area contributed by atoms with Crippen LogP contribution in [0, 0.1) is 18.2 Å². The fraction of sp³-hybridized carbons (Fsp3) is 0.405. The second-order valence-corrected chi connectivity index (χ2v) is 12.7. The number of pyridine rings is 1. The first-order valence-electron chi connectivity index (χ1n) is 17.6. The van der Waals surface area contributed by atoms with Crippen LogP contribution < -0.4 is 14.4 Å². The summed E-state index contributed by atoms with van der Waals surface area (Å²) in [4.78, 5) is 33.2. The Balaban J connectivity index is 1.41. The topological polar surface area (TPSA) is 83.9 Å². The molecule has 9 nitrogen and oxygen atoms in total. The van der Waals surface area contributed by atoms with Gasteiger partial charge in [-0.1, -0.05) is 36.8 Å². The molecule has 7 rings (SSSR count). The quantitative estimate of drug-likeness (QED) is 0.174. The summed E-state index contributed by atoms with van der Waals surface area (Å²) in [7, 11) is -1.03. The maximum Gasteiger partial charge on any atom is 0.319 e. The minimum absolute atomic E-state index is 0.0269. The lowest BCUT2D eigenvalue weighted by atomic mass is 9.95. The van der Waals surface area contributed by atoms with Gasteiger partial charge in [0.05, 0.1) is 27.6 Å². The van der Waals surface area contributed by atoms with Crippen molar-refractivity contribution in [3.05, 3.63) is 60.6 Å². The number of aromatic nitrogens is 3. The van der Waals surface area contributed by atoms with Gasteiger partial charge in [0.25, 0.3) is 0 Å². The summed E-state index contributed by atoms with van der Waals surface area (Å²) in [5.74, 6) is 2.05. The van der Waals surface area contributed by atoms with E-state index < -0.39 is 12.9 Å². The Labute approximate surface area is 278 Å². The molecule has 1 amide bonds. The summed E-state index contributed by atoms with van der Waals surface area (Å²) in [5.41, 5.74) is 0.628. The van der Waals surface area contributed by atoms with E-state index in [1.165, 1.54) is 12.1 Å². The summed E-state index contributed by atoms with van der Waals surface area (Å²) in [6.45, 7) is 7.16. The Hall–Kier alpha value is -4.75. The van der Waals surface area contributed by atoms with Crippen molar-refractivity contribution in [1.82, 2.24) is 24.8 Å². The number of rotatable bonds is 9. The van der Waals surface area contributed by atoms with Crippen LogP contribution in [0.1, 0.15) is 48.2 Å². The lowest BCUT2D eigenvalue weighted by Crippen LogP contribution is -2.43. The molecule has 5 heterocycles. The van der Waals surface area contributed by atoms with Gasteiger partial charge in [-0.15, -0.1) is 6.42 Å². The zero-order chi connectivity index (χ0) is 35.2. The first-order valence-corrected chi connectivity index (χ1v) is 16.1. The monoisotopic (exact) mass is 637 g/mol. The highest BCUT2D eigenvalue weighted by Gasteiger charge is 2.45. The zero-order valence-electron chi connectivity index (χ0n) is 29.5. The number of likely N-dealkylation sites (N-methyl/N-ethyl adjacent to an activating group) is 1. The molecule has 3 aliphatic rings. The van der Waals surface area contributed by atoms with Gasteiger partial charge in [0, 0.05) is 43.3 Å². The molecule has 2 aromatic heterocycles. The van der Waals surface area contributed by atoms with E-state index in [4.69, 9.17) is 35.0 Å². The molecule has 0 aliphatic carbocycles. The Morgan fingerprint density at radius 1 is 1.23 bits per heavy atom. The maximum absolute atomic E-state index is 15.0. The SMILES string of the molecule is [2H]C([2H])([2H])Oc1c(-c2cccc3ccc(F)c(C#C)c23)ncc2c(N(C)C[C@@H]3CCCN3C(=O)C=C)nc(OCC34CCCN3CCC4)nc12. The van der Waals surface area contributed by atoms with Gasteiger partial charge in [-0.3, -0.25) is 14.7 Å². The average Bonchev–Trinajstić information content (AvgIpc) is 3.82. The van der Waals surface area contributed by atoms with Crippen molar-refractivity contribution in [2.75, 3.05) is 51.8 Å². The third-order valence-corrected chi connectivity index (χ3v) is 10.1. The molecule has 0 saturated carbocycles. The van der Waals surface area contributed by atoms with Crippen LogP contribution in [-0.4, -0.2) is 89.1 Å². The summed E-state index contributed by atoms with van der Waals surface area (Å²) in [6, 6.07) is 8.15. The van der Waals surface area contributed by atoms with E-state index in [0.29, 0.717) is 47.2 Å². The zero-order valence-corrected chi connectivity index (χ0v) is 26.5. The number of benzene rings is 2. The normalized spacial score (nSPS) is 20.0. The molecule has 0 spiro atoms. The lowest BCUT2D eigenvalue weighted by Gasteiger charge is -2.32. The standard InChI is InChI=1S/C37H39FN6O3/c1-5-26-29(38)15-14-24-11-7-13-27(31(24)26)32-34(46-4)33-28(21-39-32)35(42(3)22-25-12-8-20-44(25)30(45)6-2)41-36(40-33)47-23-37-16-9-18-43(37)19-10-17-37/h1,6-7,11,13-15,21,25H,2,8-10,12,16-20,22-23H2,3-4H3/t25-/m0/s1/i4D3. The fourth-order valence-corrected chi connectivity index (χ4v) is 7.86. The molecule has 0 N–H and O–H groups in total. The summed E-state index contributed by atoms with van der Waals surface area (Å²) >= 11 is 0. The van der Waals surface area contributed by atoms with E-state index in [0.717, 1.165) is 51.6 Å². The number of carbonyl (C=O) groups excluding carboxylic acids is 1. The number of carbonyl (C=O) groups is 1. The summed E-state index contributed by atoms with van der Waals surface area (Å²) in [6.07, 6.45) is 14.6. The first kappa shape index (κ1) is 27.4. The molecule has 3 saturated heterocycles. The number of methoxy groups -OCH3 is 1. The predicted octanol–water partition coefficient (Wildman–Crippen LogP) is 5.59. The lowest BCUT2D eigenvalue weighted by molar-refractivity contribution is -0.126. The third-order valence-electron chi connectivity index (χ3n) is 10.1. The van der Waals surface area contributed by atoms with Crippen molar-refractivity contribution < 1.29 is 22.8 Å². The molecule has 10 heteroatoms. The van der Waals surface area contributed by atoms with Crippen LogP contribution in [0.5, 0.6) is 11.8 Å². The van der Waals surface area contributed by atoms with E-state index in [9.17, 15) is 4.79 Å². The van der Waals surface area contributed by atoms with Crippen LogP contribution in [0.25, 0.3) is 32.9 Å². The van der Waals surface area contributed by atoms with Crippen molar-refractivity contribution in [1.29, 1.82) is 0 Å². The maximum atomic E-state index is 15.0. The molecule has 1 atom stereocenters. The number of fused-ring (bicyclic) bond motifs is 3. The molecule has 3 fully saturated rings. The summed E-state index contributed by atoms with van der Waals surface area (Å²) < 4.78 is 51.6. The van der Waals surface area contributed by atoms with E-state index in [1.807, 2.05) is 11.9 Å². The van der Waals surface area contributed by atoms with Crippen LogP contribution in [0.2, 0.25) is 0 Å². The van der Waals surface area contributed by atoms with Crippen LogP contribution >= 0.6 is 0 Å². The van der Waals surface area contributed by atoms with Gasteiger partial charge in [0.15, 0.2) is 5.75 Å². The molecule has 242 valence electrons. The predicted molar refractivity (Wildman–Crippen MR) is 181 cm³/mol. The van der Waals surface area contributed by atoms with Gasteiger partial charge < -0.3 is 19.3 Å². The van der Waals surface area contributed by atoms with E-state index >= 15 is 4.39 Å². The van der Waals surface area contributed by atoms with Crippen molar-refractivity contribution >= 4 is 33.4 Å². The summed E-state index contributed by atoms with van der Waals surface area (Å²) in [5, 5.41) is 1.47. The Bertz CT molecular complexity index is 2020. The number of ether oxygens (including phenoxy) is 2. The highest BCUT2D eigenvalue weighted by atomic mass is 19.1. The molecule has 47 heavy (non-hydrogen) atoms. The van der Waals surface area contributed by atoms with Crippen molar-refractivity contribution in [3.8, 4) is 35.4 Å². The Morgan fingerprint density at radius 2 is 2.06 bits per heavy atom. The molecule has 2 aromatic carbocycles. The Morgan fingerprint density at radius 3 is 2.83 bits per heavy atom. The number of amides is 1. The molecule has 0 unspecified atom stereocenters. The van der Waals surface area contributed by atoms with Gasteiger partial charge in [-0.05, 0) is 69.1 Å².